The average molecular weight is 380 g/mol. The second kappa shape index (κ2) is 6.77. The van der Waals surface area contributed by atoms with Crippen molar-refractivity contribution >= 4 is 37.5 Å². The molecule has 3 aromatic rings. The Hall–Kier alpha value is -2.52. The summed E-state index contributed by atoms with van der Waals surface area (Å²) in [5.41, 5.74) is 0.499. The highest BCUT2D eigenvalue weighted by Gasteiger charge is 2.16. The van der Waals surface area contributed by atoms with Crippen molar-refractivity contribution < 1.29 is 22.3 Å². The van der Waals surface area contributed by atoms with Crippen LogP contribution in [0.3, 0.4) is 0 Å². The predicted octanol–water partition coefficient (Wildman–Crippen LogP) is 2.30. The first-order valence-electron chi connectivity index (χ1n) is 7.12. The third-order valence-corrected chi connectivity index (χ3v) is 5.84. The summed E-state index contributed by atoms with van der Waals surface area (Å²) in [5, 5.41) is 0. The summed E-state index contributed by atoms with van der Waals surface area (Å²) in [6.45, 7) is -0.231. The Morgan fingerprint density at radius 1 is 1.24 bits per heavy atom. The Kier molecular flexibility index (Phi) is 4.69. The van der Waals surface area contributed by atoms with Gasteiger partial charge in [0.1, 0.15) is 12.4 Å². The van der Waals surface area contributed by atoms with E-state index in [0.717, 1.165) is 11.3 Å². The number of esters is 1. The van der Waals surface area contributed by atoms with E-state index in [0.29, 0.717) is 10.2 Å². The zero-order valence-corrected chi connectivity index (χ0v) is 14.7. The quantitative estimate of drug-likeness (QED) is 0.651. The maximum atomic E-state index is 13.5. The fourth-order valence-corrected chi connectivity index (χ4v) is 4.49. The summed E-state index contributed by atoms with van der Waals surface area (Å²) < 4.78 is 48.8. The molecule has 0 aliphatic carbocycles. The number of hydrogen-bond acceptors (Lipinski definition) is 5. The monoisotopic (exact) mass is 380 g/mol. The molecule has 0 spiro atoms. The van der Waals surface area contributed by atoms with Crippen molar-refractivity contribution in [1.29, 1.82) is 0 Å². The molecule has 0 bridgehead atoms. The number of hydrogen-bond donors (Lipinski definition) is 0. The molecule has 9 heteroatoms. The largest absolute Gasteiger partial charge is 0.468 e. The van der Waals surface area contributed by atoms with Crippen molar-refractivity contribution in [1.82, 2.24) is 4.57 Å². The van der Waals surface area contributed by atoms with Crippen LogP contribution in [0.15, 0.2) is 57.8 Å². The van der Waals surface area contributed by atoms with E-state index >= 15 is 0 Å². The number of carbonyl (C=O) groups excluding carboxylic acids is 1. The van der Waals surface area contributed by atoms with Gasteiger partial charge in [0.2, 0.25) is 4.80 Å². The minimum Gasteiger partial charge on any atom is -0.468 e. The minimum absolute atomic E-state index is 0.0308. The standard InChI is InChI=1S/C16H13FN2O4S2/c1-23-15(20)10-19-13-8-7-11(17)9-14(13)24-16(19)18-25(21,22)12-5-3-2-4-6-12/h2-9H,10H2,1H3/b18-16-. The van der Waals surface area contributed by atoms with Crippen LogP contribution in [0.2, 0.25) is 0 Å². The third-order valence-electron chi connectivity index (χ3n) is 3.40. The van der Waals surface area contributed by atoms with E-state index in [4.69, 9.17) is 0 Å². The minimum atomic E-state index is -3.97. The maximum absolute atomic E-state index is 13.5. The van der Waals surface area contributed by atoms with Crippen LogP contribution in [0.1, 0.15) is 0 Å². The summed E-state index contributed by atoms with van der Waals surface area (Å²) in [6, 6.07) is 11.7. The topological polar surface area (TPSA) is 77.7 Å². The fraction of sp³-hybridized carbons (Fsp3) is 0.125. The van der Waals surface area contributed by atoms with E-state index in [1.54, 1.807) is 18.2 Å². The molecule has 0 aliphatic rings. The van der Waals surface area contributed by atoms with Gasteiger partial charge < -0.3 is 9.30 Å². The van der Waals surface area contributed by atoms with Crippen LogP contribution in [0, 0.1) is 5.82 Å². The van der Waals surface area contributed by atoms with Gasteiger partial charge in [-0.3, -0.25) is 4.79 Å². The van der Waals surface area contributed by atoms with Gasteiger partial charge in [-0.25, -0.2) is 4.39 Å². The second-order valence-electron chi connectivity index (χ2n) is 5.04. The van der Waals surface area contributed by atoms with Gasteiger partial charge in [0.25, 0.3) is 10.0 Å². The molecule has 0 N–H and O–H groups in total. The van der Waals surface area contributed by atoms with E-state index in [-0.39, 0.29) is 16.2 Å². The smallest absolute Gasteiger partial charge is 0.325 e. The van der Waals surface area contributed by atoms with E-state index in [9.17, 15) is 17.6 Å². The second-order valence-corrected chi connectivity index (χ2v) is 7.65. The lowest BCUT2D eigenvalue weighted by molar-refractivity contribution is -0.141. The fourth-order valence-electron chi connectivity index (χ4n) is 2.21. The highest BCUT2D eigenvalue weighted by Crippen LogP contribution is 2.20. The molecule has 25 heavy (non-hydrogen) atoms. The Bertz CT molecular complexity index is 1100. The first-order chi connectivity index (χ1) is 11.9. The van der Waals surface area contributed by atoms with Gasteiger partial charge in [-0.2, -0.15) is 8.42 Å². The molecule has 2 aromatic carbocycles. The molecule has 0 saturated heterocycles. The molecule has 0 amide bonds. The molecule has 0 atom stereocenters. The number of rotatable bonds is 4. The first kappa shape index (κ1) is 17.3. The molecule has 0 aliphatic heterocycles. The molecule has 0 unspecified atom stereocenters. The number of aromatic nitrogens is 1. The van der Waals surface area contributed by atoms with Crippen LogP contribution >= 0.6 is 11.3 Å². The van der Waals surface area contributed by atoms with E-state index < -0.39 is 21.8 Å². The average Bonchev–Trinajstić information content (AvgIpc) is 2.91. The molecular weight excluding hydrogens is 367 g/mol. The number of thiazole rings is 1. The molecule has 6 nitrogen and oxygen atoms in total. The number of carbonyl (C=O) groups is 1. The SMILES string of the molecule is COC(=O)Cn1/c(=N/S(=O)(=O)c2ccccc2)sc2cc(F)ccc21. The van der Waals surface area contributed by atoms with Gasteiger partial charge in [0.05, 0.1) is 22.2 Å². The number of benzene rings is 2. The van der Waals surface area contributed by atoms with Crippen molar-refractivity contribution in [3.8, 4) is 0 Å². The van der Waals surface area contributed by atoms with Crippen molar-refractivity contribution in [3.63, 3.8) is 0 Å². The molecule has 1 aromatic heterocycles. The van der Waals surface area contributed by atoms with Crippen LogP contribution < -0.4 is 4.80 Å². The Morgan fingerprint density at radius 3 is 2.64 bits per heavy atom. The summed E-state index contributed by atoms with van der Waals surface area (Å²) in [6.07, 6.45) is 0. The maximum Gasteiger partial charge on any atom is 0.325 e. The number of ether oxygens (including phenoxy) is 1. The summed E-state index contributed by atoms with van der Waals surface area (Å²) in [7, 11) is -2.74. The Labute approximate surface area is 146 Å². The zero-order chi connectivity index (χ0) is 18.0. The van der Waals surface area contributed by atoms with Gasteiger partial charge in [0.15, 0.2) is 0 Å². The predicted molar refractivity (Wildman–Crippen MR) is 91.0 cm³/mol. The van der Waals surface area contributed by atoms with Gasteiger partial charge in [-0.15, -0.1) is 4.40 Å². The number of halogens is 1. The van der Waals surface area contributed by atoms with Crippen LogP contribution in [0.25, 0.3) is 10.2 Å². The summed E-state index contributed by atoms with van der Waals surface area (Å²) in [4.78, 5) is 11.8. The van der Waals surface area contributed by atoms with Crippen molar-refractivity contribution in [2.24, 2.45) is 4.40 Å². The van der Waals surface area contributed by atoms with Gasteiger partial charge >= 0.3 is 5.97 Å². The molecular formula is C16H13FN2O4S2. The molecule has 0 radical (unpaired) electrons. The van der Waals surface area contributed by atoms with Gasteiger partial charge in [-0.1, -0.05) is 29.5 Å². The zero-order valence-electron chi connectivity index (χ0n) is 13.0. The molecule has 3 rings (SSSR count). The summed E-state index contributed by atoms with van der Waals surface area (Å²) in [5.74, 6) is -1.03. The van der Waals surface area contributed by atoms with Crippen molar-refractivity contribution in [2.45, 2.75) is 11.4 Å². The van der Waals surface area contributed by atoms with Crippen LogP contribution in [0.5, 0.6) is 0 Å². The van der Waals surface area contributed by atoms with E-state index in [1.165, 1.54) is 42.0 Å². The number of sulfonamides is 1. The molecule has 1 heterocycles. The summed E-state index contributed by atoms with van der Waals surface area (Å²) >= 11 is 0.981. The first-order valence-corrected chi connectivity index (χ1v) is 9.38. The third kappa shape index (κ3) is 3.62. The Morgan fingerprint density at radius 2 is 1.96 bits per heavy atom. The van der Waals surface area contributed by atoms with Gasteiger partial charge in [0, 0.05) is 0 Å². The van der Waals surface area contributed by atoms with Gasteiger partial charge in [-0.05, 0) is 30.3 Å². The normalized spacial score (nSPS) is 12.5. The lowest BCUT2D eigenvalue weighted by Crippen LogP contribution is -2.22. The molecule has 130 valence electrons. The number of fused-ring (bicyclic) bond motifs is 1. The highest BCUT2D eigenvalue weighted by atomic mass is 32.2. The van der Waals surface area contributed by atoms with Crippen LogP contribution in [0.4, 0.5) is 4.39 Å². The number of methoxy groups -OCH3 is 1. The number of nitrogens with zero attached hydrogens (tertiary/aromatic N) is 2. The van der Waals surface area contributed by atoms with E-state index in [2.05, 4.69) is 9.13 Å². The lowest BCUT2D eigenvalue weighted by Gasteiger charge is -2.04. The van der Waals surface area contributed by atoms with Crippen LogP contribution in [-0.4, -0.2) is 26.1 Å². The molecule has 0 fully saturated rings. The molecule has 0 saturated carbocycles. The van der Waals surface area contributed by atoms with Crippen molar-refractivity contribution in [2.75, 3.05) is 7.11 Å². The van der Waals surface area contributed by atoms with E-state index in [1.807, 2.05) is 0 Å². The highest BCUT2D eigenvalue weighted by molar-refractivity contribution is 7.90. The lowest BCUT2D eigenvalue weighted by atomic mass is 10.3. The van der Waals surface area contributed by atoms with Crippen molar-refractivity contribution in [3.05, 3.63) is 59.1 Å². The van der Waals surface area contributed by atoms with Crippen LogP contribution in [-0.2, 0) is 26.1 Å². The Balaban J connectivity index is 2.24.